The molecular formula is C21H22ClN2O7-. The highest BCUT2D eigenvalue weighted by Crippen LogP contribution is 2.52. The number of nitrogens with zero attached hydrogens (tertiary/aromatic N) is 1. The fourth-order valence-corrected chi connectivity index (χ4v) is 5.18. The van der Waals surface area contributed by atoms with Crippen molar-refractivity contribution in [2.75, 3.05) is 14.1 Å². The van der Waals surface area contributed by atoms with Gasteiger partial charge in [0.25, 0.3) is 5.91 Å². The van der Waals surface area contributed by atoms with E-state index in [0.29, 0.717) is 12.0 Å². The Morgan fingerprint density at radius 2 is 1.84 bits per heavy atom. The molecule has 0 radical (unpaired) electrons. The number of carbonyl (C=O) groups excluding carboxylic acids is 3. The molecule has 31 heavy (non-hydrogen) atoms. The Morgan fingerprint density at radius 3 is 2.42 bits per heavy atom. The number of rotatable bonds is 2. The van der Waals surface area contributed by atoms with Crippen molar-refractivity contribution in [3.63, 3.8) is 0 Å². The van der Waals surface area contributed by atoms with Crippen LogP contribution in [-0.2, 0) is 20.8 Å². The Kier molecular flexibility index (Phi) is 5.42. The Bertz CT molecular complexity index is 1080. The third-order valence-corrected chi connectivity index (χ3v) is 6.46. The van der Waals surface area contributed by atoms with Gasteiger partial charge in [-0.25, -0.2) is 0 Å². The largest absolute Gasteiger partial charge is 1.00 e. The lowest BCUT2D eigenvalue weighted by atomic mass is 9.57. The van der Waals surface area contributed by atoms with Gasteiger partial charge in [0.05, 0.1) is 11.6 Å². The van der Waals surface area contributed by atoms with Crippen LogP contribution in [0.15, 0.2) is 35.1 Å². The predicted octanol–water partition coefficient (Wildman–Crippen LogP) is -3.03. The van der Waals surface area contributed by atoms with Crippen molar-refractivity contribution in [1.29, 1.82) is 0 Å². The molecule has 0 saturated heterocycles. The topological polar surface area (TPSA) is 161 Å². The predicted molar refractivity (Wildman–Crippen MR) is 104 cm³/mol. The number of phenols is 1. The molecule has 3 aliphatic carbocycles. The van der Waals surface area contributed by atoms with Crippen molar-refractivity contribution in [1.82, 2.24) is 4.90 Å². The highest BCUT2D eigenvalue weighted by molar-refractivity contribution is 6.24. The van der Waals surface area contributed by atoms with Gasteiger partial charge in [-0.15, -0.1) is 0 Å². The number of hydrogen-bond donors (Lipinski definition) is 5. The summed E-state index contributed by atoms with van der Waals surface area (Å²) in [4.78, 5) is 39.7. The molecule has 166 valence electrons. The van der Waals surface area contributed by atoms with Crippen molar-refractivity contribution in [2.45, 2.75) is 24.5 Å². The molecule has 0 unspecified atom stereocenters. The van der Waals surface area contributed by atoms with Crippen LogP contribution in [0.2, 0.25) is 0 Å². The van der Waals surface area contributed by atoms with Gasteiger partial charge in [-0.2, -0.15) is 0 Å². The molecule has 0 heterocycles. The SMILES string of the molecule is CN(C)[C@@H]1C(=O)C(C(N)=O)=C(O)[C@@]2(O)C(=O)C3=C(O)c4c(O)cccc4C[C@H]3C[C@@H]12.[Cl-]. The van der Waals surface area contributed by atoms with E-state index in [4.69, 9.17) is 5.73 Å². The molecule has 10 heteroatoms. The molecule has 9 nitrogen and oxygen atoms in total. The van der Waals surface area contributed by atoms with E-state index in [2.05, 4.69) is 0 Å². The molecule has 1 saturated carbocycles. The second-order valence-electron chi connectivity index (χ2n) is 8.27. The zero-order chi connectivity index (χ0) is 22.1. The highest BCUT2D eigenvalue weighted by Gasteiger charge is 2.64. The Hall–Kier alpha value is -2.88. The number of nitrogens with two attached hydrogens (primary N) is 1. The summed E-state index contributed by atoms with van der Waals surface area (Å²) in [6, 6.07) is 3.62. The molecule has 4 atom stereocenters. The van der Waals surface area contributed by atoms with Crippen LogP contribution in [0.4, 0.5) is 0 Å². The Morgan fingerprint density at radius 1 is 1.19 bits per heavy atom. The summed E-state index contributed by atoms with van der Waals surface area (Å²) in [5, 5.41) is 43.1. The van der Waals surface area contributed by atoms with Gasteiger partial charge in [0.2, 0.25) is 5.78 Å². The molecule has 1 amide bonds. The number of carbonyl (C=O) groups is 3. The molecule has 0 aliphatic heterocycles. The summed E-state index contributed by atoms with van der Waals surface area (Å²) in [5.41, 5.74) is 2.41. The molecule has 6 N–H and O–H groups in total. The summed E-state index contributed by atoms with van der Waals surface area (Å²) in [6.45, 7) is 0. The van der Waals surface area contributed by atoms with Crippen molar-refractivity contribution in [2.24, 2.45) is 17.6 Å². The van der Waals surface area contributed by atoms with E-state index < -0.39 is 58.0 Å². The van der Waals surface area contributed by atoms with Crippen LogP contribution < -0.4 is 18.1 Å². The monoisotopic (exact) mass is 449 g/mol. The number of aromatic hydroxyl groups is 1. The maximum atomic E-state index is 13.5. The zero-order valence-electron chi connectivity index (χ0n) is 16.8. The molecule has 3 aliphatic rings. The average Bonchev–Trinajstić information content (AvgIpc) is 2.64. The minimum atomic E-state index is -2.60. The van der Waals surface area contributed by atoms with Gasteiger partial charge in [-0.05, 0) is 44.5 Å². The number of aliphatic hydroxyl groups excluding tert-OH is 2. The number of hydrogen-bond acceptors (Lipinski definition) is 8. The van der Waals surface area contributed by atoms with Crippen LogP contribution in [0.1, 0.15) is 17.5 Å². The standard InChI is InChI=1S/C21H22N2O7.ClH/c1-23(2)15-10-7-9-6-8-4-3-5-11(24)12(8)16(25)13(9)18(27)21(10,30)19(28)14(17(15)26)20(22)29;/h3-5,9-10,15,24-25,28,30H,6-7H2,1-2H3,(H2,22,29);1H/p-1/t9-,10-,15-,21-;/m0./s1. The van der Waals surface area contributed by atoms with Gasteiger partial charge in [0.15, 0.2) is 11.4 Å². The van der Waals surface area contributed by atoms with E-state index in [1.54, 1.807) is 26.2 Å². The van der Waals surface area contributed by atoms with Crippen molar-refractivity contribution in [3.05, 3.63) is 46.2 Å². The Labute approximate surface area is 183 Å². The summed E-state index contributed by atoms with van der Waals surface area (Å²) >= 11 is 0. The molecule has 0 aromatic heterocycles. The third kappa shape index (κ3) is 2.88. The van der Waals surface area contributed by atoms with Crippen LogP contribution in [0.25, 0.3) is 5.76 Å². The molecule has 0 bridgehead atoms. The second-order valence-corrected chi connectivity index (χ2v) is 8.27. The number of halogens is 1. The number of amides is 1. The lowest BCUT2D eigenvalue weighted by Gasteiger charge is -2.50. The lowest BCUT2D eigenvalue weighted by molar-refractivity contribution is -0.153. The first kappa shape index (κ1) is 22.8. The number of aliphatic hydroxyl groups is 3. The molecule has 1 fully saturated rings. The number of ketones is 2. The minimum Gasteiger partial charge on any atom is -1.00 e. The number of likely N-dealkylation sites (N-methyl/N-ethyl adjacent to an activating group) is 1. The van der Waals surface area contributed by atoms with Gasteiger partial charge < -0.3 is 38.6 Å². The average molecular weight is 450 g/mol. The summed E-state index contributed by atoms with van der Waals surface area (Å²) in [5.74, 6) is -6.43. The zero-order valence-corrected chi connectivity index (χ0v) is 17.6. The maximum Gasteiger partial charge on any atom is 0.255 e. The van der Waals surface area contributed by atoms with E-state index in [-0.39, 0.29) is 35.7 Å². The van der Waals surface area contributed by atoms with E-state index in [0.717, 1.165) is 0 Å². The third-order valence-electron chi connectivity index (χ3n) is 6.46. The van der Waals surface area contributed by atoms with Crippen LogP contribution >= 0.6 is 0 Å². The summed E-state index contributed by atoms with van der Waals surface area (Å²) in [6.07, 6.45) is 0.379. The van der Waals surface area contributed by atoms with Crippen molar-refractivity contribution < 1.29 is 47.2 Å². The Balaban J connectivity index is 0.00000272. The molecule has 1 aromatic rings. The smallest absolute Gasteiger partial charge is 0.255 e. The fraction of sp³-hybridized carbons (Fsp3) is 0.381. The molecule has 1 aromatic carbocycles. The quantitative estimate of drug-likeness (QED) is 0.298. The van der Waals surface area contributed by atoms with E-state index in [9.17, 15) is 34.8 Å². The number of Topliss-reactive ketones (excluding diaryl/α,β-unsaturated/α-hetero) is 2. The van der Waals surface area contributed by atoms with Gasteiger partial charge >= 0.3 is 0 Å². The normalized spacial score (nSPS) is 29.9. The number of phenolic OH excluding ortho intramolecular Hbond substituents is 1. The first-order valence-corrected chi connectivity index (χ1v) is 9.47. The van der Waals surface area contributed by atoms with Gasteiger partial charge in [-0.1, -0.05) is 12.1 Å². The van der Waals surface area contributed by atoms with Gasteiger partial charge in [-0.3, -0.25) is 19.3 Å². The van der Waals surface area contributed by atoms with Crippen LogP contribution in [-0.4, -0.2) is 68.5 Å². The van der Waals surface area contributed by atoms with E-state index in [1.807, 2.05) is 0 Å². The maximum absolute atomic E-state index is 13.5. The van der Waals surface area contributed by atoms with Gasteiger partial charge in [0, 0.05) is 11.5 Å². The number of fused-ring (bicyclic) bond motifs is 3. The summed E-state index contributed by atoms with van der Waals surface area (Å²) < 4.78 is 0. The molecule has 0 spiro atoms. The number of benzene rings is 1. The van der Waals surface area contributed by atoms with Crippen LogP contribution in [0.3, 0.4) is 0 Å². The van der Waals surface area contributed by atoms with Crippen LogP contribution in [0, 0.1) is 11.8 Å². The molecule has 4 rings (SSSR count). The first-order valence-electron chi connectivity index (χ1n) is 9.47. The van der Waals surface area contributed by atoms with Crippen molar-refractivity contribution in [3.8, 4) is 5.75 Å². The van der Waals surface area contributed by atoms with Crippen LogP contribution in [0.5, 0.6) is 5.75 Å². The minimum absolute atomic E-state index is 0. The number of primary amides is 1. The molecular weight excluding hydrogens is 428 g/mol. The highest BCUT2D eigenvalue weighted by atomic mass is 35.5. The fourth-order valence-electron chi connectivity index (χ4n) is 5.18. The van der Waals surface area contributed by atoms with E-state index >= 15 is 0 Å². The lowest BCUT2D eigenvalue weighted by Crippen LogP contribution is -3.00. The van der Waals surface area contributed by atoms with E-state index in [1.165, 1.54) is 11.0 Å². The first-order chi connectivity index (χ1) is 14.0. The van der Waals surface area contributed by atoms with Crippen molar-refractivity contribution >= 4 is 23.2 Å². The summed E-state index contributed by atoms with van der Waals surface area (Å²) in [7, 11) is 3.12. The second kappa shape index (κ2) is 7.37. The van der Waals surface area contributed by atoms with Gasteiger partial charge in [0.1, 0.15) is 22.8 Å².